The van der Waals surface area contributed by atoms with Gasteiger partial charge in [-0.2, -0.15) is 13.1 Å². The Balaban J connectivity index is 1.31. The lowest BCUT2D eigenvalue weighted by Crippen LogP contribution is -2.58. The molecule has 0 fully saturated rings. The van der Waals surface area contributed by atoms with Crippen molar-refractivity contribution in [3.05, 3.63) is 95.6 Å². The highest BCUT2D eigenvalue weighted by Gasteiger charge is 2.31. The fourth-order valence-electron chi connectivity index (χ4n) is 5.41. The lowest BCUT2D eigenvalue weighted by atomic mass is 9.98. The molecule has 0 aromatic heterocycles. The van der Waals surface area contributed by atoms with Crippen LogP contribution in [0.2, 0.25) is 0 Å². The van der Waals surface area contributed by atoms with Crippen molar-refractivity contribution in [1.29, 1.82) is 0 Å². The molecule has 1 aliphatic carbocycles. The number of primary amides is 1. The molecular weight excluding hydrogens is 638 g/mol. The number of benzene rings is 3. The van der Waals surface area contributed by atoms with Crippen LogP contribution in [0, 0.1) is 0 Å². The van der Waals surface area contributed by atoms with Gasteiger partial charge < -0.3 is 26.8 Å². The van der Waals surface area contributed by atoms with E-state index in [9.17, 15) is 27.6 Å². The van der Waals surface area contributed by atoms with Gasteiger partial charge in [-0.05, 0) is 67.0 Å². The Morgan fingerprint density at radius 2 is 1.42 bits per heavy atom. The Kier molecular flexibility index (Phi) is 12.6. The average molecular weight is 680 g/mol. The Morgan fingerprint density at radius 1 is 0.812 bits per heavy atom. The van der Waals surface area contributed by atoms with Crippen LogP contribution in [0.15, 0.2) is 78.9 Å². The molecule has 15 heteroatoms. The Bertz CT molecular complexity index is 1660. The zero-order chi connectivity index (χ0) is 34.7. The van der Waals surface area contributed by atoms with E-state index in [1.54, 1.807) is 30.3 Å². The number of nitrogens with one attached hydrogen (secondary N) is 5. The van der Waals surface area contributed by atoms with Crippen LogP contribution < -0.4 is 37.1 Å². The van der Waals surface area contributed by atoms with Crippen molar-refractivity contribution in [1.82, 2.24) is 25.6 Å². The molecule has 0 radical (unpaired) electrons. The highest BCUT2D eigenvalue weighted by molar-refractivity contribution is 7.87. The molecule has 14 nitrogen and oxygen atoms in total. The van der Waals surface area contributed by atoms with E-state index < -0.39 is 52.1 Å². The van der Waals surface area contributed by atoms with Gasteiger partial charge in [0, 0.05) is 5.92 Å². The van der Waals surface area contributed by atoms with E-state index in [2.05, 4.69) is 15.4 Å². The maximum Gasteiger partial charge on any atom is 0.407 e. The lowest BCUT2D eigenvalue weighted by molar-refractivity contribution is -0.128. The molecule has 0 saturated carbocycles. The lowest BCUT2D eigenvalue weighted by Gasteiger charge is -2.22. The first kappa shape index (κ1) is 36.0. The summed E-state index contributed by atoms with van der Waals surface area (Å²) in [6.45, 7) is 1.77. The van der Waals surface area contributed by atoms with Crippen molar-refractivity contribution < 1.29 is 32.3 Å². The van der Waals surface area contributed by atoms with Crippen LogP contribution in [0.4, 0.5) is 4.79 Å². The summed E-state index contributed by atoms with van der Waals surface area (Å²) in [5, 5.41) is 4.90. The third-order valence-corrected chi connectivity index (χ3v) is 8.85. The van der Waals surface area contributed by atoms with E-state index in [4.69, 9.17) is 16.2 Å². The zero-order valence-corrected chi connectivity index (χ0v) is 27.3. The quantitative estimate of drug-likeness (QED) is 0.0806. The molecule has 4 rings (SSSR count). The number of alkyl carbamates (subject to hydrolysis) is 1. The Hall–Kier alpha value is -4.83. The second kappa shape index (κ2) is 16.8. The number of unbranched alkanes of at least 4 members (excludes halogenated alkanes) is 1. The molecule has 1 aliphatic rings. The summed E-state index contributed by atoms with van der Waals surface area (Å²) >= 11 is 0. The van der Waals surface area contributed by atoms with E-state index in [-0.39, 0.29) is 25.4 Å². The van der Waals surface area contributed by atoms with Crippen LogP contribution in [0.1, 0.15) is 48.8 Å². The van der Waals surface area contributed by atoms with Gasteiger partial charge in [-0.25, -0.2) is 4.79 Å². The molecule has 0 bridgehead atoms. The SMILES string of the molecule is C[C@H](NC(=O)OCC1c2ccccc2-c2ccccc21)C(=O)NNS(=O)(=O)N[C@H](Cc1ccccc1)C(=O)N[C@@H](CCCCN)C(N)=O. The smallest absolute Gasteiger partial charge is 0.407 e. The Morgan fingerprint density at radius 3 is 2.02 bits per heavy atom. The molecule has 9 N–H and O–H groups in total. The number of carbonyl (C=O) groups excluding carboxylic acids is 4. The molecule has 0 aliphatic heterocycles. The third-order valence-electron chi connectivity index (χ3n) is 7.88. The maximum atomic E-state index is 13.2. The van der Waals surface area contributed by atoms with Gasteiger partial charge in [0.1, 0.15) is 24.7 Å². The van der Waals surface area contributed by atoms with Gasteiger partial charge in [-0.15, -0.1) is 4.83 Å². The molecule has 3 aromatic carbocycles. The minimum absolute atomic E-state index is 0.0270. The number of carbonyl (C=O) groups is 4. The third kappa shape index (κ3) is 9.84. The van der Waals surface area contributed by atoms with Gasteiger partial charge in [-0.3, -0.25) is 19.8 Å². The predicted molar refractivity (Wildman–Crippen MR) is 179 cm³/mol. The molecule has 0 saturated heterocycles. The molecule has 256 valence electrons. The number of hydrogen-bond donors (Lipinski definition) is 7. The number of ether oxygens (including phenoxy) is 1. The number of nitrogens with two attached hydrogens (primary N) is 2. The van der Waals surface area contributed by atoms with Crippen molar-refractivity contribution in [2.24, 2.45) is 11.5 Å². The second-order valence-electron chi connectivity index (χ2n) is 11.4. The Labute approximate surface area is 279 Å². The van der Waals surface area contributed by atoms with Crippen molar-refractivity contribution in [2.75, 3.05) is 13.2 Å². The van der Waals surface area contributed by atoms with Crippen molar-refractivity contribution >= 4 is 34.0 Å². The standard InChI is InChI=1S/C33H41N7O7S/c1-21(36-33(44)47-20-27-25-15-7-5-13-23(25)24-14-6-8-16-26(24)27)31(42)38-40-48(45,46)39-29(19-22-11-3-2-4-12-22)32(43)37-28(30(35)41)17-9-10-18-34/h2-8,11-16,21,27-29,39-40H,9-10,17-20,34H2,1H3,(H2,35,41)(H,36,44)(H,37,43)(H,38,42)/t21-,28-,29+/m0/s1. The topological polar surface area (TPSA) is 224 Å². The summed E-state index contributed by atoms with van der Waals surface area (Å²) in [7, 11) is -4.53. The molecule has 0 unspecified atom stereocenters. The van der Waals surface area contributed by atoms with Crippen molar-refractivity contribution in [3.63, 3.8) is 0 Å². The zero-order valence-electron chi connectivity index (χ0n) is 26.5. The van der Waals surface area contributed by atoms with Crippen LogP contribution in [0.5, 0.6) is 0 Å². The fourth-order valence-corrected chi connectivity index (χ4v) is 6.27. The van der Waals surface area contributed by atoms with Crippen LogP contribution in [-0.2, 0) is 35.8 Å². The van der Waals surface area contributed by atoms with Crippen LogP contribution >= 0.6 is 0 Å². The van der Waals surface area contributed by atoms with Gasteiger partial charge in [-0.1, -0.05) is 78.9 Å². The summed E-state index contributed by atoms with van der Waals surface area (Å²) in [4.78, 5) is 52.3. The van der Waals surface area contributed by atoms with Gasteiger partial charge in [0.25, 0.3) is 16.1 Å². The van der Waals surface area contributed by atoms with Crippen molar-refractivity contribution in [2.45, 2.75) is 56.7 Å². The van der Waals surface area contributed by atoms with Gasteiger partial charge >= 0.3 is 6.09 Å². The van der Waals surface area contributed by atoms with E-state index >= 15 is 0 Å². The molecular formula is C33H41N7O7S. The summed E-state index contributed by atoms with van der Waals surface area (Å²) in [5.74, 6) is -2.65. The number of amides is 4. The summed E-state index contributed by atoms with van der Waals surface area (Å²) < 4.78 is 33.5. The van der Waals surface area contributed by atoms with Gasteiger partial charge in [0.2, 0.25) is 11.8 Å². The van der Waals surface area contributed by atoms with E-state index in [1.165, 1.54) is 6.92 Å². The molecule has 0 heterocycles. The highest BCUT2D eigenvalue weighted by atomic mass is 32.2. The first-order valence-electron chi connectivity index (χ1n) is 15.5. The summed E-state index contributed by atoms with van der Waals surface area (Å²) in [5.41, 5.74) is 17.8. The normalized spacial score (nSPS) is 14.1. The number of hydrazine groups is 1. The first-order chi connectivity index (χ1) is 23.0. The summed E-state index contributed by atoms with van der Waals surface area (Å²) in [6, 6.07) is 20.7. The maximum absolute atomic E-state index is 13.2. The number of rotatable bonds is 17. The van der Waals surface area contributed by atoms with Crippen LogP contribution in [0.25, 0.3) is 11.1 Å². The van der Waals surface area contributed by atoms with Crippen molar-refractivity contribution in [3.8, 4) is 11.1 Å². The number of fused-ring (bicyclic) bond motifs is 3. The summed E-state index contributed by atoms with van der Waals surface area (Å²) in [6.07, 6.45) is 0.421. The van der Waals surface area contributed by atoms with Gasteiger partial charge in [0.15, 0.2) is 0 Å². The first-order valence-corrected chi connectivity index (χ1v) is 17.0. The van der Waals surface area contributed by atoms with E-state index in [0.717, 1.165) is 22.3 Å². The molecule has 48 heavy (non-hydrogen) atoms. The van der Waals surface area contributed by atoms with Crippen LogP contribution in [-0.4, -0.2) is 63.5 Å². The molecule has 3 aromatic rings. The van der Waals surface area contributed by atoms with Gasteiger partial charge in [0.05, 0.1) is 0 Å². The van der Waals surface area contributed by atoms with E-state index in [0.29, 0.717) is 24.9 Å². The second-order valence-corrected chi connectivity index (χ2v) is 12.8. The van der Waals surface area contributed by atoms with E-state index in [1.807, 2.05) is 58.8 Å². The van der Waals surface area contributed by atoms with Crippen LogP contribution in [0.3, 0.4) is 0 Å². The monoisotopic (exact) mass is 679 g/mol. The molecule has 3 atom stereocenters. The predicted octanol–water partition coefficient (Wildman–Crippen LogP) is 1.08. The minimum atomic E-state index is -4.53. The average Bonchev–Trinajstić information content (AvgIpc) is 3.39. The molecule has 4 amide bonds. The number of hydrogen-bond acceptors (Lipinski definition) is 8. The molecule has 0 spiro atoms. The largest absolute Gasteiger partial charge is 0.449 e. The minimum Gasteiger partial charge on any atom is -0.449 e. The highest BCUT2D eigenvalue weighted by Crippen LogP contribution is 2.44. The fraction of sp³-hybridized carbons (Fsp3) is 0.333.